The molecule has 1 aromatic heterocycles. The van der Waals surface area contributed by atoms with Crippen molar-refractivity contribution in [3.05, 3.63) is 70.4 Å². The lowest BCUT2D eigenvalue weighted by molar-refractivity contribution is 0.0473. The number of nitrogens with zero attached hydrogens (tertiary/aromatic N) is 1. The number of carbonyl (C=O) groups is 2. The zero-order chi connectivity index (χ0) is 20.8. The Morgan fingerprint density at radius 1 is 1.17 bits per heavy atom. The molecule has 29 heavy (non-hydrogen) atoms. The molecule has 1 heterocycles. The minimum absolute atomic E-state index is 0.149. The lowest BCUT2D eigenvalue weighted by Gasteiger charge is -2.08. The van der Waals surface area contributed by atoms with Gasteiger partial charge in [-0.2, -0.15) is 0 Å². The smallest absolute Gasteiger partial charge is 0.344 e. The summed E-state index contributed by atoms with van der Waals surface area (Å²) in [6.07, 6.45) is 0. The van der Waals surface area contributed by atoms with Gasteiger partial charge in [-0.25, -0.2) is 4.79 Å². The van der Waals surface area contributed by atoms with Gasteiger partial charge >= 0.3 is 5.97 Å². The Morgan fingerprint density at radius 2 is 1.93 bits per heavy atom. The van der Waals surface area contributed by atoms with Gasteiger partial charge in [0.15, 0.2) is 12.4 Å². The summed E-state index contributed by atoms with van der Waals surface area (Å²) in [6.45, 7) is 1.68. The van der Waals surface area contributed by atoms with Crippen molar-refractivity contribution in [2.45, 2.75) is 6.92 Å². The van der Waals surface area contributed by atoms with E-state index < -0.39 is 5.97 Å². The molecule has 0 aliphatic carbocycles. The van der Waals surface area contributed by atoms with E-state index in [4.69, 9.17) is 25.6 Å². The molecule has 150 valence electrons. The molecule has 2 aromatic carbocycles. The van der Waals surface area contributed by atoms with E-state index in [2.05, 4.69) is 21.1 Å². The Hall–Kier alpha value is -2.64. The number of ketones is 1. The van der Waals surface area contributed by atoms with Gasteiger partial charge in [0, 0.05) is 16.5 Å². The number of ether oxygens (including phenoxy) is 2. The number of rotatable bonds is 8. The largest absolute Gasteiger partial charge is 0.491 e. The van der Waals surface area contributed by atoms with Crippen LogP contribution in [0.5, 0.6) is 5.75 Å². The van der Waals surface area contributed by atoms with Crippen LogP contribution in [0.1, 0.15) is 26.5 Å². The summed E-state index contributed by atoms with van der Waals surface area (Å²) >= 11 is 9.55. The highest BCUT2D eigenvalue weighted by Crippen LogP contribution is 2.32. The first-order chi connectivity index (χ1) is 14.0. The molecule has 8 heteroatoms. The first kappa shape index (κ1) is 21.1. The summed E-state index contributed by atoms with van der Waals surface area (Å²) in [7, 11) is 0. The number of hydrogen-bond donors (Lipinski definition) is 0. The van der Waals surface area contributed by atoms with Gasteiger partial charge in [-0.3, -0.25) is 4.79 Å². The minimum Gasteiger partial charge on any atom is -0.491 e. The monoisotopic (exact) mass is 477 g/mol. The van der Waals surface area contributed by atoms with Gasteiger partial charge in [0.25, 0.3) is 0 Å². The second-order valence-electron chi connectivity index (χ2n) is 6.01. The Labute approximate surface area is 180 Å². The molecule has 0 aliphatic heterocycles. The molecule has 0 atom stereocenters. The van der Waals surface area contributed by atoms with Crippen molar-refractivity contribution in [1.29, 1.82) is 0 Å². The van der Waals surface area contributed by atoms with Crippen molar-refractivity contribution in [2.24, 2.45) is 0 Å². The van der Waals surface area contributed by atoms with Crippen LogP contribution in [0, 0.1) is 6.92 Å². The van der Waals surface area contributed by atoms with Crippen molar-refractivity contribution in [3.63, 3.8) is 0 Å². The first-order valence-corrected chi connectivity index (χ1v) is 10.2. The van der Waals surface area contributed by atoms with Crippen molar-refractivity contribution in [1.82, 2.24) is 5.16 Å². The molecule has 0 saturated heterocycles. The maximum Gasteiger partial charge on any atom is 0.344 e. The third-order valence-electron chi connectivity index (χ3n) is 4.04. The molecule has 0 aliphatic rings. The third-order valence-corrected chi connectivity index (χ3v) is 4.66. The second-order valence-corrected chi connectivity index (χ2v) is 7.21. The van der Waals surface area contributed by atoms with Crippen molar-refractivity contribution >= 4 is 39.3 Å². The first-order valence-electron chi connectivity index (χ1n) is 8.71. The molecule has 0 radical (unpaired) electrons. The number of esters is 1. The molecule has 0 unspecified atom stereocenters. The minimum atomic E-state index is -0.696. The lowest BCUT2D eigenvalue weighted by atomic mass is 10.1. The van der Waals surface area contributed by atoms with Crippen LogP contribution in [0.15, 0.2) is 53.1 Å². The van der Waals surface area contributed by atoms with E-state index in [1.165, 1.54) is 0 Å². The van der Waals surface area contributed by atoms with Gasteiger partial charge in [-0.1, -0.05) is 63.0 Å². The summed E-state index contributed by atoms with van der Waals surface area (Å²) in [4.78, 5) is 24.8. The lowest BCUT2D eigenvalue weighted by Crippen LogP contribution is -2.15. The Balaban J connectivity index is 1.78. The maximum atomic E-state index is 12.6. The standard InChI is InChI=1S/C21H17BrClNO5/c1-13-19(21(26)28-12-17(25)14-5-3-2-4-6-14)20(24-29-13)15-7-8-18(16(23)11-15)27-10-9-22/h2-8,11H,9-10,12H2,1H3. The molecule has 3 rings (SSSR count). The van der Waals surface area contributed by atoms with E-state index in [0.29, 0.717) is 33.8 Å². The summed E-state index contributed by atoms with van der Waals surface area (Å²) in [5, 5.41) is 5.01. The average Bonchev–Trinajstić information content (AvgIpc) is 3.13. The number of carbonyl (C=O) groups excluding carboxylic acids is 2. The van der Waals surface area contributed by atoms with Gasteiger partial charge in [0.05, 0.1) is 11.6 Å². The van der Waals surface area contributed by atoms with E-state index in [9.17, 15) is 9.59 Å². The summed E-state index contributed by atoms with van der Waals surface area (Å²) in [6, 6.07) is 13.7. The number of hydrogen-bond acceptors (Lipinski definition) is 6. The quantitative estimate of drug-likeness (QED) is 0.254. The molecule has 0 amide bonds. The van der Waals surface area contributed by atoms with Crippen LogP contribution in [0.2, 0.25) is 5.02 Å². The number of aryl methyl sites for hydroxylation is 1. The van der Waals surface area contributed by atoms with Crippen LogP contribution in [-0.2, 0) is 4.74 Å². The van der Waals surface area contributed by atoms with Gasteiger partial charge in [-0.05, 0) is 25.1 Å². The van der Waals surface area contributed by atoms with Gasteiger partial charge in [0.2, 0.25) is 0 Å². The zero-order valence-electron chi connectivity index (χ0n) is 15.5. The fraction of sp³-hybridized carbons (Fsp3) is 0.190. The number of benzene rings is 2. The molecule has 0 spiro atoms. The summed E-state index contributed by atoms with van der Waals surface area (Å²) in [5.41, 5.74) is 1.47. The average molecular weight is 479 g/mol. The number of aromatic nitrogens is 1. The van der Waals surface area contributed by atoms with Crippen LogP contribution in [0.25, 0.3) is 11.3 Å². The highest BCUT2D eigenvalue weighted by atomic mass is 79.9. The predicted molar refractivity (Wildman–Crippen MR) is 112 cm³/mol. The van der Waals surface area contributed by atoms with Crippen LogP contribution in [-0.4, -0.2) is 35.5 Å². The maximum absolute atomic E-state index is 12.6. The van der Waals surface area contributed by atoms with Gasteiger partial charge < -0.3 is 14.0 Å². The Kier molecular flexibility index (Phi) is 7.06. The molecule has 3 aromatic rings. The van der Waals surface area contributed by atoms with E-state index in [1.807, 2.05) is 0 Å². The molecule has 6 nitrogen and oxygen atoms in total. The topological polar surface area (TPSA) is 78.6 Å². The molecule has 0 fully saturated rings. The number of halogens is 2. The van der Waals surface area contributed by atoms with E-state index in [0.717, 1.165) is 0 Å². The van der Waals surface area contributed by atoms with Gasteiger partial charge in [-0.15, -0.1) is 0 Å². The molecular formula is C21H17BrClNO5. The fourth-order valence-electron chi connectivity index (χ4n) is 2.63. The van der Waals surface area contributed by atoms with E-state index >= 15 is 0 Å². The predicted octanol–water partition coefficient (Wildman–Crippen LogP) is 5.12. The highest BCUT2D eigenvalue weighted by molar-refractivity contribution is 9.09. The van der Waals surface area contributed by atoms with Crippen LogP contribution < -0.4 is 4.74 Å². The third kappa shape index (κ3) is 5.05. The normalized spacial score (nSPS) is 10.6. The van der Waals surface area contributed by atoms with Crippen LogP contribution in [0.4, 0.5) is 0 Å². The Morgan fingerprint density at radius 3 is 2.62 bits per heavy atom. The van der Waals surface area contributed by atoms with Crippen molar-refractivity contribution < 1.29 is 23.6 Å². The van der Waals surface area contributed by atoms with E-state index in [1.54, 1.807) is 55.5 Å². The number of alkyl halides is 1. The van der Waals surface area contributed by atoms with Gasteiger partial charge in [0.1, 0.15) is 22.8 Å². The van der Waals surface area contributed by atoms with Crippen LogP contribution in [0.3, 0.4) is 0 Å². The van der Waals surface area contributed by atoms with Crippen molar-refractivity contribution in [3.8, 4) is 17.0 Å². The second kappa shape index (κ2) is 9.71. The SMILES string of the molecule is Cc1onc(-c2ccc(OCCBr)c(Cl)c2)c1C(=O)OCC(=O)c1ccccc1. The van der Waals surface area contributed by atoms with E-state index in [-0.39, 0.29) is 29.4 Å². The number of Topliss-reactive ketones (excluding diaryl/α,β-unsaturated/α-hetero) is 1. The Bertz CT molecular complexity index is 1020. The summed E-state index contributed by atoms with van der Waals surface area (Å²) < 4.78 is 15.9. The molecule has 0 bridgehead atoms. The zero-order valence-corrected chi connectivity index (χ0v) is 17.8. The highest BCUT2D eigenvalue weighted by Gasteiger charge is 2.24. The molecule has 0 N–H and O–H groups in total. The molecule has 0 saturated carbocycles. The molecular weight excluding hydrogens is 462 g/mol. The summed E-state index contributed by atoms with van der Waals surface area (Å²) in [5.74, 6) is -0.190. The fourth-order valence-corrected chi connectivity index (χ4v) is 3.03. The van der Waals surface area contributed by atoms with Crippen molar-refractivity contribution in [2.75, 3.05) is 18.5 Å². The van der Waals surface area contributed by atoms with Crippen LogP contribution >= 0.6 is 27.5 Å².